The summed E-state index contributed by atoms with van der Waals surface area (Å²) >= 11 is 0. The average molecular weight is 274 g/mol. The summed E-state index contributed by atoms with van der Waals surface area (Å²) in [4.78, 5) is 20.4. The molecule has 0 saturated carbocycles. The molecular formula is C11H12F2N2O4. The summed E-state index contributed by atoms with van der Waals surface area (Å²) in [6.07, 6.45) is 0. The van der Waals surface area contributed by atoms with Gasteiger partial charge in [0, 0.05) is 0 Å². The van der Waals surface area contributed by atoms with Gasteiger partial charge in [0.05, 0.1) is 17.1 Å². The van der Waals surface area contributed by atoms with Crippen LogP contribution in [0.2, 0.25) is 0 Å². The predicted octanol–water partition coefficient (Wildman–Crippen LogP) is 2.39. The Morgan fingerprint density at radius 1 is 1.37 bits per heavy atom. The third-order valence-corrected chi connectivity index (χ3v) is 2.47. The van der Waals surface area contributed by atoms with Crippen molar-refractivity contribution in [2.45, 2.75) is 19.9 Å². The quantitative estimate of drug-likeness (QED) is 0.635. The summed E-state index contributed by atoms with van der Waals surface area (Å²) in [6.45, 7) is 3.12. The highest BCUT2D eigenvalue weighted by Gasteiger charge is 2.25. The maximum absolute atomic E-state index is 13.6. The smallest absolute Gasteiger partial charge is 0.326 e. The van der Waals surface area contributed by atoms with Gasteiger partial charge in [0.15, 0.2) is 11.6 Å². The van der Waals surface area contributed by atoms with Crippen molar-refractivity contribution in [1.29, 1.82) is 0 Å². The van der Waals surface area contributed by atoms with Gasteiger partial charge in [-0.05, 0) is 5.92 Å². The Labute approximate surface area is 107 Å². The second kappa shape index (κ2) is 5.59. The van der Waals surface area contributed by atoms with E-state index in [1.807, 2.05) is 0 Å². The van der Waals surface area contributed by atoms with E-state index in [0.717, 1.165) is 0 Å². The maximum atomic E-state index is 13.6. The number of nitro groups is 1. The molecule has 1 atom stereocenters. The van der Waals surface area contributed by atoms with Gasteiger partial charge >= 0.3 is 5.97 Å². The molecule has 104 valence electrons. The zero-order valence-corrected chi connectivity index (χ0v) is 10.2. The van der Waals surface area contributed by atoms with Crippen molar-refractivity contribution in [2.75, 3.05) is 5.32 Å². The number of anilines is 1. The highest BCUT2D eigenvalue weighted by Crippen LogP contribution is 2.26. The first-order chi connectivity index (χ1) is 8.73. The van der Waals surface area contributed by atoms with E-state index in [1.165, 1.54) is 0 Å². The molecule has 0 heterocycles. The predicted molar refractivity (Wildman–Crippen MR) is 62.9 cm³/mol. The van der Waals surface area contributed by atoms with Crippen LogP contribution in [0.25, 0.3) is 0 Å². The number of aliphatic carboxylic acids is 1. The van der Waals surface area contributed by atoms with Crippen molar-refractivity contribution in [3.8, 4) is 0 Å². The van der Waals surface area contributed by atoms with Crippen LogP contribution in [0.3, 0.4) is 0 Å². The molecule has 8 heteroatoms. The lowest BCUT2D eigenvalue weighted by Crippen LogP contribution is -2.35. The highest BCUT2D eigenvalue weighted by atomic mass is 19.1. The largest absolute Gasteiger partial charge is 0.480 e. The van der Waals surface area contributed by atoms with Crippen molar-refractivity contribution in [3.05, 3.63) is 33.9 Å². The number of non-ortho nitro benzene ring substituents is 1. The number of carbonyl (C=O) groups is 1. The Balaban J connectivity index is 3.14. The van der Waals surface area contributed by atoms with Gasteiger partial charge in [0.2, 0.25) is 0 Å². The average Bonchev–Trinajstić information content (AvgIpc) is 2.26. The number of halogens is 2. The fraction of sp³-hybridized carbons (Fsp3) is 0.364. The lowest BCUT2D eigenvalue weighted by Gasteiger charge is -2.19. The van der Waals surface area contributed by atoms with Crippen LogP contribution in [0.5, 0.6) is 0 Å². The molecule has 0 aliphatic carbocycles. The molecule has 0 spiro atoms. The van der Waals surface area contributed by atoms with Crippen LogP contribution < -0.4 is 5.32 Å². The summed E-state index contributed by atoms with van der Waals surface area (Å²) in [6, 6.07) is -0.138. The molecular weight excluding hydrogens is 262 g/mol. The number of carboxylic acids is 1. The Hall–Kier alpha value is -2.25. The third-order valence-electron chi connectivity index (χ3n) is 2.47. The van der Waals surface area contributed by atoms with Crippen LogP contribution in [0.1, 0.15) is 13.8 Å². The molecule has 0 aliphatic heterocycles. The van der Waals surface area contributed by atoms with E-state index in [1.54, 1.807) is 13.8 Å². The van der Waals surface area contributed by atoms with Crippen molar-refractivity contribution in [2.24, 2.45) is 5.92 Å². The minimum absolute atomic E-state index is 0.425. The number of rotatable bonds is 5. The number of hydrogen-bond donors (Lipinski definition) is 2. The fourth-order valence-corrected chi connectivity index (χ4v) is 1.47. The summed E-state index contributed by atoms with van der Waals surface area (Å²) in [5.41, 5.74) is -1.43. The zero-order valence-electron chi connectivity index (χ0n) is 10.2. The first kappa shape index (κ1) is 14.8. The van der Waals surface area contributed by atoms with Crippen molar-refractivity contribution in [1.82, 2.24) is 0 Å². The molecule has 0 unspecified atom stereocenters. The zero-order chi connectivity index (χ0) is 14.7. The first-order valence-corrected chi connectivity index (χ1v) is 5.36. The lowest BCUT2D eigenvalue weighted by atomic mass is 10.0. The second-order valence-electron chi connectivity index (χ2n) is 4.25. The monoisotopic (exact) mass is 274 g/mol. The molecule has 0 fully saturated rings. The molecule has 0 radical (unpaired) electrons. The van der Waals surface area contributed by atoms with E-state index in [9.17, 15) is 23.7 Å². The van der Waals surface area contributed by atoms with Gasteiger partial charge in [-0.1, -0.05) is 13.8 Å². The topological polar surface area (TPSA) is 92.5 Å². The minimum atomic E-state index is -1.27. The van der Waals surface area contributed by atoms with Crippen LogP contribution in [0.15, 0.2) is 12.1 Å². The van der Waals surface area contributed by atoms with Crippen LogP contribution in [0, 0.1) is 27.7 Å². The molecule has 0 aromatic heterocycles. The van der Waals surface area contributed by atoms with Gasteiger partial charge < -0.3 is 10.4 Å². The van der Waals surface area contributed by atoms with Crippen LogP contribution in [-0.2, 0) is 4.79 Å². The Morgan fingerprint density at radius 3 is 2.16 bits per heavy atom. The van der Waals surface area contributed by atoms with Crippen LogP contribution in [0.4, 0.5) is 20.2 Å². The van der Waals surface area contributed by atoms with Gasteiger partial charge in [-0.2, -0.15) is 0 Å². The molecule has 1 aromatic carbocycles. The van der Waals surface area contributed by atoms with Crippen LogP contribution >= 0.6 is 0 Å². The number of nitro benzene ring substituents is 1. The highest BCUT2D eigenvalue weighted by molar-refractivity contribution is 5.77. The Bertz CT molecular complexity index is 496. The molecule has 2 N–H and O–H groups in total. The Morgan fingerprint density at radius 2 is 1.84 bits per heavy atom. The molecule has 6 nitrogen and oxygen atoms in total. The second-order valence-corrected chi connectivity index (χ2v) is 4.25. The standard InChI is InChI=1S/C11H12F2N2O4/c1-5(2)9(11(16)17)14-10-7(12)3-6(15(18)19)4-8(10)13/h3-5,9,14H,1-2H3,(H,16,17)/t9-/m0/s1. The fourth-order valence-electron chi connectivity index (χ4n) is 1.47. The lowest BCUT2D eigenvalue weighted by molar-refractivity contribution is -0.385. The van der Waals surface area contributed by atoms with Gasteiger partial charge in [-0.3, -0.25) is 10.1 Å². The summed E-state index contributed by atoms with van der Waals surface area (Å²) in [5.74, 6) is -4.11. The van der Waals surface area contributed by atoms with E-state index in [4.69, 9.17) is 5.11 Å². The molecule has 0 aliphatic rings. The van der Waals surface area contributed by atoms with Crippen molar-refractivity contribution >= 4 is 17.3 Å². The van der Waals surface area contributed by atoms with Gasteiger partial charge in [-0.15, -0.1) is 0 Å². The number of nitrogens with zero attached hydrogens (tertiary/aromatic N) is 1. The van der Waals surface area contributed by atoms with E-state index >= 15 is 0 Å². The van der Waals surface area contributed by atoms with E-state index < -0.39 is 45.9 Å². The van der Waals surface area contributed by atoms with Gasteiger partial charge in [0.1, 0.15) is 11.7 Å². The SMILES string of the molecule is CC(C)[C@H](Nc1c(F)cc([N+](=O)[O-])cc1F)C(=O)O. The van der Waals surface area contributed by atoms with E-state index in [0.29, 0.717) is 12.1 Å². The van der Waals surface area contributed by atoms with E-state index in [2.05, 4.69) is 5.32 Å². The number of nitrogens with one attached hydrogen (secondary N) is 1. The summed E-state index contributed by atoms with van der Waals surface area (Å²) in [7, 11) is 0. The van der Waals surface area contributed by atoms with E-state index in [-0.39, 0.29) is 0 Å². The molecule has 19 heavy (non-hydrogen) atoms. The molecule has 0 bridgehead atoms. The molecule has 1 aromatic rings. The van der Waals surface area contributed by atoms with Gasteiger partial charge in [-0.25, -0.2) is 13.6 Å². The molecule has 0 saturated heterocycles. The Kier molecular flexibility index (Phi) is 4.36. The normalized spacial score (nSPS) is 12.3. The first-order valence-electron chi connectivity index (χ1n) is 5.36. The van der Waals surface area contributed by atoms with Crippen molar-refractivity contribution < 1.29 is 23.6 Å². The number of benzene rings is 1. The summed E-state index contributed by atoms with van der Waals surface area (Å²) in [5, 5.41) is 21.5. The van der Waals surface area contributed by atoms with Crippen molar-refractivity contribution in [3.63, 3.8) is 0 Å². The number of hydrogen-bond acceptors (Lipinski definition) is 4. The molecule has 0 amide bonds. The summed E-state index contributed by atoms with van der Waals surface area (Å²) < 4.78 is 27.1. The third kappa shape index (κ3) is 3.36. The minimum Gasteiger partial charge on any atom is -0.480 e. The van der Waals surface area contributed by atoms with Gasteiger partial charge in [0.25, 0.3) is 5.69 Å². The maximum Gasteiger partial charge on any atom is 0.326 e. The van der Waals surface area contributed by atoms with Crippen LogP contribution in [-0.4, -0.2) is 22.0 Å². The number of carboxylic acid groups (broad SMARTS) is 1. The molecule has 1 rings (SSSR count).